The van der Waals surface area contributed by atoms with E-state index >= 15 is 0 Å². The molecule has 1 heterocycles. The SMILES string of the molecule is COc1c2c(cc3c1C(O)=C(C)C(=O)C3=O)OCO2. The molecular weight excluding hydrogens is 252 g/mol. The van der Waals surface area contributed by atoms with Gasteiger partial charge in [-0.25, -0.2) is 0 Å². The second-order valence-electron chi connectivity index (χ2n) is 4.20. The van der Waals surface area contributed by atoms with Crippen molar-refractivity contribution in [3.8, 4) is 17.2 Å². The Kier molecular flexibility index (Phi) is 2.28. The highest BCUT2D eigenvalue weighted by Crippen LogP contribution is 2.48. The van der Waals surface area contributed by atoms with E-state index in [9.17, 15) is 14.7 Å². The number of hydrogen-bond acceptors (Lipinski definition) is 6. The molecule has 0 saturated heterocycles. The quantitative estimate of drug-likeness (QED) is 0.772. The summed E-state index contributed by atoms with van der Waals surface area (Å²) in [5.41, 5.74) is 0.234. The zero-order chi connectivity index (χ0) is 13.7. The maximum Gasteiger partial charge on any atom is 0.234 e. The standard InChI is InChI=1S/C13H10O6/c1-5-9(14)8-6(11(16)10(5)15)3-7-12(13(8)17-2)19-4-18-7/h3,14H,4H2,1-2H3. The van der Waals surface area contributed by atoms with Crippen molar-refractivity contribution in [2.75, 3.05) is 13.9 Å². The van der Waals surface area contributed by atoms with Crippen molar-refractivity contribution in [1.29, 1.82) is 0 Å². The smallest absolute Gasteiger partial charge is 0.234 e. The minimum absolute atomic E-state index is 0.000180. The fraction of sp³-hybridized carbons (Fsp3) is 0.231. The van der Waals surface area contributed by atoms with Crippen LogP contribution in [0.3, 0.4) is 0 Å². The average molecular weight is 262 g/mol. The average Bonchev–Trinajstić information content (AvgIpc) is 2.88. The van der Waals surface area contributed by atoms with E-state index in [0.717, 1.165) is 0 Å². The molecule has 1 aromatic carbocycles. The summed E-state index contributed by atoms with van der Waals surface area (Å²) < 4.78 is 15.6. The molecular formula is C13H10O6. The molecule has 98 valence electrons. The monoisotopic (exact) mass is 262 g/mol. The second-order valence-corrected chi connectivity index (χ2v) is 4.20. The van der Waals surface area contributed by atoms with Crippen molar-refractivity contribution in [2.45, 2.75) is 6.92 Å². The van der Waals surface area contributed by atoms with Gasteiger partial charge in [0.2, 0.25) is 24.1 Å². The lowest BCUT2D eigenvalue weighted by atomic mass is 9.88. The van der Waals surface area contributed by atoms with Crippen molar-refractivity contribution in [2.24, 2.45) is 0 Å². The van der Waals surface area contributed by atoms with Crippen LogP contribution in [-0.4, -0.2) is 30.6 Å². The number of fused-ring (bicyclic) bond motifs is 2. The molecule has 1 aliphatic heterocycles. The van der Waals surface area contributed by atoms with Crippen LogP contribution in [0, 0.1) is 0 Å². The first kappa shape index (κ1) is 11.6. The van der Waals surface area contributed by atoms with Crippen molar-refractivity contribution in [3.05, 3.63) is 22.8 Å². The van der Waals surface area contributed by atoms with Crippen LogP contribution in [0.5, 0.6) is 17.2 Å². The Labute approximate surface area is 108 Å². The van der Waals surface area contributed by atoms with Gasteiger partial charge in [0.05, 0.1) is 12.7 Å². The number of benzene rings is 1. The fourth-order valence-electron chi connectivity index (χ4n) is 2.21. The third kappa shape index (κ3) is 1.36. The number of rotatable bonds is 1. The highest BCUT2D eigenvalue weighted by atomic mass is 16.7. The van der Waals surface area contributed by atoms with Gasteiger partial charge in [-0.1, -0.05) is 0 Å². The van der Waals surface area contributed by atoms with Gasteiger partial charge in [0.1, 0.15) is 5.76 Å². The number of ketones is 2. The predicted octanol–water partition coefficient (Wildman–Crippen LogP) is 1.48. The number of ether oxygens (including phenoxy) is 3. The first-order valence-corrected chi connectivity index (χ1v) is 5.56. The molecule has 6 heteroatoms. The van der Waals surface area contributed by atoms with Gasteiger partial charge in [0.15, 0.2) is 11.5 Å². The lowest BCUT2D eigenvalue weighted by Crippen LogP contribution is -2.23. The summed E-state index contributed by atoms with van der Waals surface area (Å²) >= 11 is 0. The van der Waals surface area contributed by atoms with Crippen molar-refractivity contribution in [1.82, 2.24) is 0 Å². The Morgan fingerprint density at radius 1 is 1.26 bits per heavy atom. The number of carbonyl (C=O) groups is 2. The highest BCUT2D eigenvalue weighted by Gasteiger charge is 2.37. The molecule has 0 radical (unpaired) electrons. The molecule has 0 bridgehead atoms. The molecule has 3 rings (SSSR count). The Morgan fingerprint density at radius 2 is 2.00 bits per heavy atom. The van der Waals surface area contributed by atoms with Crippen LogP contribution in [-0.2, 0) is 4.79 Å². The molecule has 0 amide bonds. The largest absolute Gasteiger partial charge is 0.507 e. The minimum atomic E-state index is -0.731. The number of hydrogen-bond donors (Lipinski definition) is 1. The van der Waals surface area contributed by atoms with Gasteiger partial charge in [-0.3, -0.25) is 9.59 Å². The summed E-state index contributed by atoms with van der Waals surface area (Å²) in [4.78, 5) is 23.7. The molecule has 1 N–H and O–H groups in total. The van der Waals surface area contributed by atoms with Gasteiger partial charge in [-0.15, -0.1) is 0 Å². The Bertz CT molecular complexity index is 656. The zero-order valence-electron chi connectivity index (χ0n) is 10.3. The fourth-order valence-corrected chi connectivity index (χ4v) is 2.21. The molecule has 19 heavy (non-hydrogen) atoms. The number of aliphatic hydroxyl groups is 1. The van der Waals surface area contributed by atoms with E-state index in [1.807, 2.05) is 0 Å². The van der Waals surface area contributed by atoms with Gasteiger partial charge in [-0.05, 0) is 13.0 Å². The predicted molar refractivity (Wildman–Crippen MR) is 63.7 cm³/mol. The van der Waals surface area contributed by atoms with Gasteiger partial charge < -0.3 is 19.3 Å². The molecule has 1 aliphatic carbocycles. The van der Waals surface area contributed by atoms with Crippen LogP contribution in [0.4, 0.5) is 0 Å². The third-order valence-corrected chi connectivity index (χ3v) is 3.21. The van der Waals surface area contributed by atoms with E-state index in [1.165, 1.54) is 20.1 Å². The summed E-state index contributed by atoms with van der Waals surface area (Å²) in [6, 6.07) is 1.39. The summed E-state index contributed by atoms with van der Waals surface area (Å²) in [7, 11) is 1.39. The lowest BCUT2D eigenvalue weighted by molar-refractivity contribution is -0.111. The van der Waals surface area contributed by atoms with E-state index in [4.69, 9.17) is 14.2 Å². The highest BCUT2D eigenvalue weighted by molar-refractivity contribution is 6.52. The maximum atomic E-state index is 12.0. The first-order valence-electron chi connectivity index (χ1n) is 5.56. The van der Waals surface area contributed by atoms with E-state index in [0.29, 0.717) is 11.5 Å². The van der Waals surface area contributed by atoms with Gasteiger partial charge in [0, 0.05) is 11.1 Å². The van der Waals surface area contributed by atoms with Crippen molar-refractivity contribution in [3.63, 3.8) is 0 Å². The van der Waals surface area contributed by atoms with Crippen molar-refractivity contribution >= 4 is 17.3 Å². The summed E-state index contributed by atoms with van der Waals surface area (Å²) in [6.45, 7) is 1.39. The second kappa shape index (κ2) is 3.74. The zero-order valence-corrected chi connectivity index (χ0v) is 10.3. The number of aliphatic hydroxyl groups excluding tert-OH is 1. The van der Waals surface area contributed by atoms with Crippen LogP contribution < -0.4 is 14.2 Å². The summed E-state index contributed by atoms with van der Waals surface area (Å²) in [6.07, 6.45) is 0. The minimum Gasteiger partial charge on any atom is -0.507 e. The molecule has 0 unspecified atom stereocenters. The van der Waals surface area contributed by atoms with E-state index in [1.54, 1.807) is 0 Å². The number of allylic oxidation sites excluding steroid dienone is 1. The maximum absolute atomic E-state index is 12.0. The molecule has 0 aromatic heterocycles. The van der Waals surface area contributed by atoms with Crippen LogP contribution in [0.1, 0.15) is 22.8 Å². The number of carbonyl (C=O) groups excluding carboxylic acids is 2. The van der Waals surface area contributed by atoms with E-state index in [-0.39, 0.29) is 35.0 Å². The Balaban J connectivity index is 2.40. The molecule has 6 nitrogen and oxygen atoms in total. The first-order chi connectivity index (χ1) is 9.06. The van der Waals surface area contributed by atoms with Crippen LogP contribution in [0.2, 0.25) is 0 Å². The van der Waals surface area contributed by atoms with Gasteiger partial charge in [0.25, 0.3) is 0 Å². The van der Waals surface area contributed by atoms with Crippen LogP contribution in [0.25, 0.3) is 5.76 Å². The Hall–Kier alpha value is -2.50. The number of methoxy groups -OCH3 is 1. The summed E-state index contributed by atoms with van der Waals surface area (Å²) in [5, 5.41) is 10.1. The molecule has 2 aliphatic rings. The van der Waals surface area contributed by atoms with Crippen LogP contribution in [0.15, 0.2) is 11.6 Å². The normalized spacial score (nSPS) is 16.7. The van der Waals surface area contributed by atoms with E-state index in [2.05, 4.69) is 0 Å². The van der Waals surface area contributed by atoms with Gasteiger partial charge >= 0.3 is 0 Å². The Morgan fingerprint density at radius 3 is 2.68 bits per heavy atom. The number of Topliss-reactive ketones (excluding diaryl/α,β-unsaturated/α-hetero) is 2. The summed E-state index contributed by atoms with van der Waals surface area (Å²) in [5.74, 6) is -0.850. The van der Waals surface area contributed by atoms with Gasteiger partial charge in [-0.2, -0.15) is 0 Å². The molecule has 0 saturated carbocycles. The van der Waals surface area contributed by atoms with Crippen LogP contribution >= 0.6 is 0 Å². The molecule has 0 spiro atoms. The molecule has 0 fully saturated rings. The lowest BCUT2D eigenvalue weighted by Gasteiger charge is -2.19. The topological polar surface area (TPSA) is 82.1 Å². The van der Waals surface area contributed by atoms with Crippen molar-refractivity contribution < 1.29 is 28.9 Å². The molecule has 0 atom stereocenters. The molecule has 1 aromatic rings. The third-order valence-electron chi connectivity index (χ3n) is 3.21. The van der Waals surface area contributed by atoms with E-state index < -0.39 is 11.6 Å².